The summed E-state index contributed by atoms with van der Waals surface area (Å²) in [6, 6.07) is 6.45. The van der Waals surface area contributed by atoms with Crippen LogP contribution in [0.4, 0.5) is 0 Å². The second-order valence-electron chi connectivity index (χ2n) is 8.70. The molecule has 4 heteroatoms. The Morgan fingerprint density at radius 3 is 2.70 bits per heavy atom. The monoisotopic (exact) mass is 337 g/mol. The van der Waals surface area contributed by atoms with Crippen LogP contribution in [0.3, 0.4) is 0 Å². The van der Waals surface area contributed by atoms with Crippen molar-refractivity contribution < 1.29 is 9.57 Å². The Labute approximate surface area is 144 Å². The Hall–Kier alpha value is -0.610. The summed E-state index contributed by atoms with van der Waals surface area (Å²) in [5.41, 5.74) is 5.44. The van der Waals surface area contributed by atoms with Gasteiger partial charge in [-0.1, -0.05) is 44.5 Å². The van der Waals surface area contributed by atoms with E-state index in [1.54, 1.807) is 0 Å². The molecule has 2 heterocycles. The van der Waals surface area contributed by atoms with E-state index in [1.165, 1.54) is 5.56 Å². The number of benzene rings is 1. The van der Waals surface area contributed by atoms with Gasteiger partial charge in [-0.25, -0.2) is 0 Å². The van der Waals surface area contributed by atoms with Crippen molar-refractivity contribution in [1.29, 1.82) is 0 Å². The molecule has 0 saturated carbocycles. The topological polar surface area (TPSA) is 30.5 Å². The highest BCUT2D eigenvalue weighted by molar-refractivity contribution is 6.31. The number of aryl methyl sites for hydroxylation is 1. The van der Waals surface area contributed by atoms with Crippen molar-refractivity contribution in [1.82, 2.24) is 5.48 Å². The first-order chi connectivity index (χ1) is 10.6. The maximum Gasteiger partial charge on any atom is 0.0992 e. The summed E-state index contributed by atoms with van der Waals surface area (Å²) in [4.78, 5) is 5.59. The lowest BCUT2D eigenvalue weighted by Crippen LogP contribution is -2.44. The van der Waals surface area contributed by atoms with E-state index in [1.807, 2.05) is 0 Å². The predicted octanol–water partition coefficient (Wildman–Crippen LogP) is 4.47. The maximum atomic E-state index is 6.59. The summed E-state index contributed by atoms with van der Waals surface area (Å²) in [7, 11) is 0. The number of nitrogens with one attached hydrogen (secondary N) is 1. The van der Waals surface area contributed by atoms with Crippen molar-refractivity contribution in [2.24, 2.45) is 11.3 Å². The minimum atomic E-state index is -0.282. The van der Waals surface area contributed by atoms with Gasteiger partial charge < -0.3 is 9.57 Å². The van der Waals surface area contributed by atoms with Crippen LogP contribution in [0.5, 0.6) is 0 Å². The molecule has 128 valence electrons. The van der Waals surface area contributed by atoms with Crippen LogP contribution in [0.25, 0.3) is 0 Å². The molecular formula is C19H28ClNO2. The Balaban J connectivity index is 1.86. The molecule has 1 N–H and O–H groups in total. The van der Waals surface area contributed by atoms with Crippen molar-refractivity contribution in [3.05, 3.63) is 34.3 Å². The van der Waals surface area contributed by atoms with E-state index in [0.29, 0.717) is 18.6 Å². The second kappa shape index (κ2) is 5.73. The summed E-state index contributed by atoms with van der Waals surface area (Å²) in [6.07, 6.45) is 2.13. The summed E-state index contributed by atoms with van der Waals surface area (Å²) in [5.74, 6) is 0.284. The molecule has 2 unspecified atom stereocenters. The molecule has 2 aliphatic heterocycles. The summed E-state index contributed by atoms with van der Waals surface area (Å²) in [5, 5.41) is 0.846. The normalized spacial score (nSPS) is 29.7. The fourth-order valence-corrected chi connectivity index (χ4v) is 3.95. The number of fused-ring (bicyclic) bond motifs is 1. The van der Waals surface area contributed by atoms with Gasteiger partial charge >= 0.3 is 0 Å². The largest absolute Gasteiger partial charge is 0.373 e. The SMILES string of the molecule is CC(C)(C)CCc1ccc(C23COC(C)(C)C2CON3)cc1Cl. The van der Waals surface area contributed by atoms with Gasteiger partial charge in [-0.2, -0.15) is 5.48 Å². The Morgan fingerprint density at radius 2 is 2.04 bits per heavy atom. The lowest BCUT2D eigenvalue weighted by atomic mass is 9.75. The van der Waals surface area contributed by atoms with E-state index in [4.69, 9.17) is 21.2 Å². The fraction of sp³-hybridized carbons (Fsp3) is 0.684. The van der Waals surface area contributed by atoms with E-state index in [0.717, 1.165) is 23.4 Å². The molecule has 1 aromatic rings. The molecule has 0 spiro atoms. The molecule has 23 heavy (non-hydrogen) atoms. The summed E-state index contributed by atoms with van der Waals surface area (Å²) in [6.45, 7) is 12.3. The van der Waals surface area contributed by atoms with Crippen molar-refractivity contribution in [3.63, 3.8) is 0 Å². The number of ether oxygens (including phenoxy) is 1. The third-order valence-corrected chi connectivity index (χ3v) is 5.67. The van der Waals surface area contributed by atoms with Gasteiger partial charge in [0.2, 0.25) is 0 Å². The smallest absolute Gasteiger partial charge is 0.0992 e. The molecule has 2 fully saturated rings. The molecule has 2 aliphatic rings. The zero-order chi connectivity index (χ0) is 16.9. The molecular weight excluding hydrogens is 310 g/mol. The van der Waals surface area contributed by atoms with Gasteiger partial charge in [0.1, 0.15) is 0 Å². The highest BCUT2D eigenvalue weighted by Crippen LogP contribution is 2.48. The summed E-state index contributed by atoms with van der Waals surface area (Å²) >= 11 is 6.59. The van der Waals surface area contributed by atoms with E-state index < -0.39 is 0 Å². The number of halogens is 1. The highest BCUT2D eigenvalue weighted by atomic mass is 35.5. The average molecular weight is 338 g/mol. The Morgan fingerprint density at radius 1 is 1.30 bits per heavy atom. The van der Waals surface area contributed by atoms with Crippen molar-refractivity contribution in [3.8, 4) is 0 Å². The van der Waals surface area contributed by atoms with Crippen molar-refractivity contribution in [2.45, 2.75) is 58.6 Å². The van der Waals surface area contributed by atoms with Crippen LogP contribution >= 0.6 is 11.6 Å². The number of hydrogen-bond donors (Lipinski definition) is 1. The Bertz CT molecular complexity index is 594. The van der Waals surface area contributed by atoms with Crippen molar-refractivity contribution >= 4 is 11.6 Å². The van der Waals surface area contributed by atoms with E-state index in [9.17, 15) is 0 Å². The molecule has 0 aromatic heterocycles. The minimum absolute atomic E-state index is 0.194. The molecule has 2 atom stereocenters. The van der Waals surface area contributed by atoms with Gasteiger partial charge in [0.05, 0.1) is 24.4 Å². The van der Waals surface area contributed by atoms with Crippen LogP contribution in [-0.2, 0) is 21.5 Å². The zero-order valence-corrected chi connectivity index (χ0v) is 15.6. The van der Waals surface area contributed by atoms with Crippen LogP contribution in [-0.4, -0.2) is 18.8 Å². The first-order valence-corrected chi connectivity index (χ1v) is 8.84. The number of rotatable bonds is 3. The van der Waals surface area contributed by atoms with Gasteiger partial charge in [0, 0.05) is 10.9 Å². The first-order valence-electron chi connectivity index (χ1n) is 8.46. The molecule has 3 nitrogen and oxygen atoms in total. The number of hydroxylamine groups is 1. The lowest BCUT2D eigenvalue weighted by molar-refractivity contribution is -0.0336. The quantitative estimate of drug-likeness (QED) is 0.882. The van der Waals surface area contributed by atoms with E-state index in [2.05, 4.69) is 58.3 Å². The second-order valence-corrected chi connectivity index (χ2v) is 9.10. The molecule has 0 bridgehead atoms. The van der Waals surface area contributed by atoms with Gasteiger partial charge in [-0.05, 0) is 49.3 Å². The standard InChI is InChI=1S/C19H28ClNO2/c1-17(2,3)9-8-13-6-7-14(10-15(13)20)19-12-22-18(4,5)16(19)11-23-21-19/h6-7,10,16,21H,8-9,11-12H2,1-5H3. The van der Waals surface area contributed by atoms with Crippen LogP contribution < -0.4 is 5.48 Å². The first kappa shape index (κ1) is 17.2. The van der Waals surface area contributed by atoms with E-state index >= 15 is 0 Å². The summed E-state index contributed by atoms with van der Waals surface area (Å²) < 4.78 is 6.04. The predicted molar refractivity (Wildman–Crippen MR) is 93.5 cm³/mol. The average Bonchev–Trinajstić information content (AvgIpc) is 2.98. The van der Waals surface area contributed by atoms with Gasteiger partial charge in [-0.15, -0.1) is 0 Å². The van der Waals surface area contributed by atoms with Gasteiger partial charge in [-0.3, -0.25) is 0 Å². The van der Waals surface area contributed by atoms with E-state index in [-0.39, 0.29) is 17.1 Å². The van der Waals surface area contributed by atoms with Gasteiger partial charge in [0.25, 0.3) is 0 Å². The molecule has 0 radical (unpaired) electrons. The number of hydrogen-bond acceptors (Lipinski definition) is 3. The van der Waals surface area contributed by atoms with Crippen LogP contribution in [0.1, 0.15) is 52.2 Å². The highest BCUT2D eigenvalue weighted by Gasteiger charge is 2.58. The molecule has 0 aliphatic carbocycles. The van der Waals surface area contributed by atoms with Crippen LogP contribution in [0.15, 0.2) is 18.2 Å². The van der Waals surface area contributed by atoms with Crippen LogP contribution in [0.2, 0.25) is 5.02 Å². The van der Waals surface area contributed by atoms with Crippen molar-refractivity contribution in [2.75, 3.05) is 13.2 Å². The molecule has 1 aromatic carbocycles. The lowest BCUT2D eigenvalue weighted by Gasteiger charge is -2.30. The third kappa shape index (κ3) is 3.17. The van der Waals surface area contributed by atoms with Crippen LogP contribution in [0, 0.1) is 11.3 Å². The minimum Gasteiger partial charge on any atom is -0.373 e. The molecule has 0 amide bonds. The zero-order valence-electron chi connectivity index (χ0n) is 14.8. The molecule has 2 saturated heterocycles. The van der Waals surface area contributed by atoms with Gasteiger partial charge in [0.15, 0.2) is 0 Å². The molecule has 3 rings (SSSR count). The Kier molecular flexibility index (Phi) is 4.29. The fourth-order valence-electron chi connectivity index (χ4n) is 3.67. The third-order valence-electron chi connectivity index (χ3n) is 5.32. The maximum absolute atomic E-state index is 6.59.